The maximum atomic E-state index is 10.6. The molecule has 0 aliphatic rings. The van der Waals surface area contributed by atoms with E-state index in [-0.39, 0.29) is 13.2 Å². The van der Waals surface area contributed by atoms with Crippen LogP contribution < -0.4 is 0 Å². The molecule has 0 N–H and O–H groups in total. The van der Waals surface area contributed by atoms with Crippen molar-refractivity contribution in [3.63, 3.8) is 0 Å². The minimum Gasteiger partial charge on any atom is -0.495 e. The van der Waals surface area contributed by atoms with Crippen molar-refractivity contribution >= 4 is 32.4 Å². The Balaban J connectivity index is 3.09. The number of rotatable bonds is 6. The summed E-state index contributed by atoms with van der Waals surface area (Å²) in [4.78, 5) is 0. The monoisotopic (exact) mass is 202 g/mol. The summed E-state index contributed by atoms with van der Waals surface area (Å²) in [6.07, 6.45) is 0. The van der Waals surface area contributed by atoms with Gasteiger partial charge in [0.15, 0.2) is 0 Å². The highest BCUT2D eigenvalue weighted by molar-refractivity contribution is 6.26. The molecule has 60 valence electrons. The standard InChI is InChI=1S/C4H8Cl2O3Si/c5-1-3-8-10(7)9-4-2-6/h1-4H2. The van der Waals surface area contributed by atoms with E-state index in [0.717, 1.165) is 0 Å². The lowest BCUT2D eigenvalue weighted by atomic mass is 10.9. The van der Waals surface area contributed by atoms with Gasteiger partial charge in [0.1, 0.15) is 0 Å². The molecule has 10 heavy (non-hydrogen) atoms. The van der Waals surface area contributed by atoms with Crippen LogP contribution in [0.1, 0.15) is 0 Å². The van der Waals surface area contributed by atoms with E-state index in [0.29, 0.717) is 11.8 Å². The topological polar surface area (TPSA) is 35.5 Å². The predicted octanol–water partition coefficient (Wildman–Crippen LogP) is 0.913. The first-order chi connectivity index (χ1) is 4.81. The third kappa shape index (κ3) is 6.32. The fourth-order valence-electron chi connectivity index (χ4n) is 0.285. The Kier molecular flexibility index (Phi) is 7.45. The van der Waals surface area contributed by atoms with Crippen LogP contribution in [0.4, 0.5) is 0 Å². The molecule has 0 amide bonds. The van der Waals surface area contributed by atoms with E-state index in [4.69, 9.17) is 23.2 Å². The average Bonchev–Trinajstić information content (AvgIpc) is 1.97. The molecule has 0 aliphatic heterocycles. The van der Waals surface area contributed by atoms with Gasteiger partial charge in [-0.25, -0.2) is 0 Å². The van der Waals surface area contributed by atoms with Crippen LogP contribution in [0, 0.1) is 0 Å². The van der Waals surface area contributed by atoms with Gasteiger partial charge < -0.3 is 8.85 Å². The van der Waals surface area contributed by atoms with Crippen LogP contribution in [0.3, 0.4) is 0 Å². The van der Waals surface area contributed by atoms with Crippen molar-refractivity contribution in [1.29, 1.82) is 0 Å². The summed E-state index contributed by atoms with van der Waals surface area (Å²) in [5.74, 6) is 0.640. The van der Waals surface area contributed by atoms with Crippen molar-refractivity contribution in [1.82, 2.24) is 0 Å². The zero-order valence-corrected chi connectivity index (χ0v) is 7.82. The van der Waals surface area contributed by atoms with Crippen LogP contribution in [0.15, 0.2) is 0 Å². The lowest BCUT2D eigenvalue weighted by Crippen LogP contribution is -2.15. The Bertz CT molecular complexity index is 90.5. The van der Waals surface area contributed by atoms with E-state index >= 15 is 0 Å². The summed E-state index contributed by atoms with van der Waals surface area (Å²) in [6, 6.07) is 0. The van der Waals surface area contributed by atoms with E-state index in [1.165, 1.54) is 0 Å². The Morgan fingerprint density at radius 1 is 1.10 bits per heavy atom. The fraction of sp³-hybridized carbons (Fsp3) is 1.00. The fourth-order valence-corrected chi connectivity index (χ4v) is 1.32. The van der Waals surface area contributed by atoms with E-state index in [1.807, 2.05) is 0 Å². The lowest BCUT2D eigenvalue weighted by Gasteiger charge is -2.00. The predicted molar refractivity (Wildman–Crippen MR) is 39.8 cm³/mol. The highest BCUT2D eigenvalue weighted by atomic mass is 35.5. The summed E-state index contributed by atoms with van der Waals surface area (Å²) < 4.78 is 19.8. The smallest absolute Gasteiger partial charge is 0.495 e. The van der Waals surface area contributed by atoms with Crippen molar-refractivity contribution in [2.75, 3.05) is 25.0 Å². The number of alkyl halides is 2. The normalized spacial score (nSPS) is 9.00. The maximum Gasteiger partial charge on any atom is 0.767 e. The Morgan fingerprint density at radius 3 is 1.80 bits per heavy atom. The second-order valence-electron chi connectivity index (χ2n) is 1.32. The van der Waals surface area contributed by atoms with Gasteiger partial charge in [0, 0.05) is 0 Å². The molecular formula is C4H8Cl2O3Si. The second-order valence-corrected chi connectivity index (χ2v) is 3.16. The minimum absolute atomic E-state index is 0.252. The highest BCUT2D eigenvalue weighted by Gasteiger charge is 2.08. The molecule has 3 nitrogen and oxygen atoms in total. The van der Waals surface area contributed by atoms with Gasteiger partial charge in [0.05, 0.1) is 25.0 Å². The lowest BCUT2D eigenvalue weighted by molar-refractivity contribution is 0.185. The molecule has 0 saturated heterocycles. The molecule has 0 unspecified atom stereocenters. The molecule has 0 aromatic heterocycles. The van der Waals surface area contributed by atoms with Crippen LogP contribution in [0.25, 0.3) is 0 Å². The molecule has 0 rings (SSSR count). The number of halogens is 2. The van der Waals surface area contributed by atoms with Gasteiger partial charge in [-0.2, -0.15) is 0 Å². The summed E-state index contributed by atoms with van der Waals surface area (Å²) in [5.41, 5.74) is 0. The molecule has 6 heteroatoms. The van der Waals surface area contributed by atoms with Crippen molar-refractivity contribution in [3.8, 4) is 0 Å². The summed E-state index contributed by atoms with van der Waals surface area (Å²) in [5, 5.41) is 0. The summed E-state index contributed by atoms with van der Waals surface area (Å²) in [6.45, 7) is 0.503. The highest BCUT2D eigenvalue weighted by Crippen LogP contribution is 1.83. The van der Waals surface area contributed by atoms with E-state index < -0.39 is 9.17 Å². The molecule has 0 spiro atoms. The molecule has 0 saturated carbocycles. The number of hydrogen-bond acceptors (Lipinski definition) is 3. The van der Waals surface area contributed by atoms with E-state index in [2.05, 4.69) is 8.85 Å². The SMILES string of the molecule is O=[Si](OCCCl)OCCCl. The van der Waals surface area contributed by atoms with E-state index in [1.54, 1.807) is 0 Å². The van der Waals surface area contributed by atoms with E-state index in [9.17, 15) is 4.46 Å². The number of hydrogen-bond donors (Lipinski definition) is 0. The van der Waals surface area contributed by atoms with Gasteiger partial charge in [-0.15, -0.1) is 23.2 Å². The summed E-state index contributed by atoms with van der Waals surface area (Å²) in [7, 11) is -2.33. The zero-order valence-electron chi connectivity index (χ0n) is 5.31. The Hall–Kier alpha value is 0.197. The molecule has 0 radical (unpaired) electrons. The van der Waals surface area contributed by atoms with Gasteiger partial charge in [-0.05, 0) is 0 Å². The molecule has 0 atom stereocenters. The Labute approximate surface area is 71.1 Å². The molecular weight excluding hydrogens is 195 g/mol. The van der Waals surface area contributed by atoms with Crippen molar-refractivity contribution in [2.24, 2.45) is 0 Å². The van der Waals surface area contributed by atoms with Crippen molar-refractivity contribution in [3.05, 3.63) is 0 Å². The third-order valence-corrected chi connectivity index (χ3v) is 1.78. The quantitative estimate of drug-likeness (QED) is 0.475. The van der Waals surface area contributed by atoms with Crippen LogP contribution in [0.5, 0.6) is 0 Å². The average molecular weight is 203 g/mol. The molecule has 0 aliphatic carbocycles. The second kappa shape index (κ2) is 7.31. The molecule has 0 aromatic rings. The molecule has 0 aromatic carbocycles. The van der Waals surface area contributed by atoms with Gasteiger partial charge in [-0.1, -0.05) is 0 Å². The van der Waals surface area contributed by atoms with Gasteiger partial charge in [0.2, 0.25) is 0 Å². The van der Waals surface area contributed by atoms with Crippen LogP contribution in [-0.4, -0.2) is 34.1 Å². The zero-order chi connectivity index (χ0) is 7.82. The molecule has 0 fully saturated rings. The van der Waals surface area contributed by atoms with Gasteiger partial charge >= 0.3 is 9.17 Å². The van der Waals surface area contributed by atoms with Crippen LogP contribution in [-0.2, 0) is 13.3 Å². The summed E-state index contributed by atoms with van der Waals surface area (Å²) >= 11 is 10.5. The first-order valence-corrected chi connectivity index (χ1v) is 5.02. The van der Waals surface area contributed by atoms with Crippen molar-refractivity contribution < 1.29 is 13.3 Å². The van der Waals surface area contributed by atoms with Gasteiger partial charge in [-0.3, -0.25) is 4.46 Å². The largest absolute Gasteiger partial charge is 0.767 e. The Morgan fingerprint density at radius 2 is 1.50 bits per heavy atom. The maximum absolute atomic E-state index is 10.6. The van der Waals surface area contributed by atoms with Crippen molar-refractivity contribution in [2.45, 2.75) is 0 Å². The molecule has 0 heterocycles. The van der Waals surface area contributed by atoms with Crippen LogP contribution in [0.2, 0.25) is 0 Å². The van der Waals surface area contributed by atoms with Gasteiger partial charge in [0.25, 0.3) is 0 Å². The third-order valence-electron chi connectivity index (χ3n) is 0.594. The molecule has 0 bridgehead atoms. The minimum atomic E-state index is -2.33. The van der Waals surface area contributed by atoms with Crippen LogP contribution >= 0.6 is 23.2 Å². The first-order valence-electron chi connectivity index (χ1n) is 2.72. The first kappa shape index (κ1) is 10.2.